The van der Waals surface area contributed by atoms with E-state index in [0.29, 0.717) is 6.61 Å². The molecule has 0 aliphatic carbocycles. The summed E-state index contributed by atoms with van der Waals surface area (Å²) in [5, 5.41) is 0. The van der Waals surface area contributed by atoms with Crippen LogP contribution in [-0.2, 0) is 11.3 Å². The van der Waals surface area contributed by atoms with Crippen LogP contribution < -0.4 is 5.73 Å². The van der Waals surface area contributed by atoms with Gasteiger partial charge < -0.3 is 14.9 Å². The first-order chi connectivity index (χ1) is 8.76. The van der Waals surface area contributed by atoms with Crippen molar-refractivity contribution in [1.82, 2.24) is 0 Å². The Hall–Kier alpha value is -1.23. The number of thioether (sulfide) groups is 1. The fraction of sp³-hybridized carbons (Fsp3) is 0.286. The van der Waals surface area contributed by atoms with Crippen LogP contribution in [0.15, 0.2) is 45.7 Å². The number of furan rings is 1. The summed E-state index contributed by atoms with van der Waals surface area (Å²) in [7, 11) is 1.64. The predicted octanol–water partition coefficient (Wildman–Crippen LogP) is 3.20. The summed E-state index contributed by atoms with van der Waals surface area (Å²) in [6.07, 6.45) is 2.05. The molecule has 0 fully saturated rings. The molecule has 1 unspecified atom stereocenters. The van der Waals surface area contributed by atoms with Crippen molar-refractivity contribution in [1.29, 1.82) is 0 Å². The minimum atomic E-state index is -0.237. The van der Waals surface area contributed by atoms with Gasteiger partial charge >= 0.3 is 0 Å². The van der Waals surface area contributed by atoms with E-state index in [-0.39, 0.29) is 6.04 Å². The van der Waals surface area contributed by atoms with E-state index in [2.05, 4.69) is 6.07 Å². The van der Waals surface area contributed by atoms with E-state index in [1.807, 2.05) is 36.6 Å². The Kier molecular flexibility index (Phi) is 4.47. The fourth-order valence-corrected chi connectivity index (χ4v) is 2.50. The number of methoxy groups -OCH3 is 1. The molecule has 3 nitrogen and oxygen atoms in total. The van der Waals surface area contributed by atoms with Gasteiger partial charge in [0, 0.05) is 12.0 Å². The molecule has 96 valence electrons. The average Bonchev–Trinajstić information content (AvgIpc) is 2.87. The van der Waals surface area contributed by atoms with E-state index < -0.39 is 0 Å². The highest BCUT2D eigenvalue weighted by Gasteiger charge is 2.16. The zero-order chi connectivity index (χ0) is 13.0. The SMILES string of the molecule is COCc1ccc(C(N)c2ccccc2SC)o1. The second kappa shape index (κ2) is 6.09. The third-order valence-corrected chi connectivity index (χ3v) is 3.56. The lowest BCUT2D eigenvalue weighted by molar-refractivity contribution is 0.162. The molecule has 2 rings (SSSR count). The first kappa shape index (κ1) is 13.2. The Bertz CT molecular complexity index is 510. The summed E-state index contributed by atoms with van der Waals surface area (Å²) < 4.78 is 10.7. The Morgan fingerprint density at radius 1 is 1.28 bits per heavy atom. The van der Waals surface area contributed by atoms with Crippen LogP contribution in [-0.4, -0.2) is 13.4 Å². The van der Waals surface area contributed by atoms with Crippen molar-refractivity contribution in [3.8, 4) is 0 Å². The maximum Gasteiger partial charge on any atom is 0.129 e. The maximum atomic E-state index is 6.25. The van der Waals surface area contributed by atoms with Gasteiger partial charge in [-0.15, -0.1) is 11.8 Å². The molecule has 0 spiro atoms. The van der Waals surface area contributed by atoms with Gasteiger partial charge in [0.1, 0.15) is 18.1 Å². The van der Waals surface area contributed by atoms with Crippen LogP contribution in [0.2, 0.25) is 0 Å². The van der Waals surface area contributed by atoms with E-state index in [9.17, 15) is 0 Å². The first-order valence-corrected chi connectivity index (χ1v) is 6.94. The molecule has 2 N–H and O–H groups in total. The van der Waals surface area contributed by atoms with Gasteiger partial charge in [-0.2, -0.15) is 0 Å². The normalized spacial score (nSPS) is 12.6. The third kappa shape index (κ3) is 2.77. The smallest absolute Gasteiger partial charge is 0.129 e. The van der Waals surface area contributed by atoms with Crippen molar-refractivity contribution in [2.75, 3.05) is 13.4 Å². The highest BCUT2D eigenvalue weighted by Crippen LogP contribution is 2.29. The monoisotopic (exact) mass is 263 g/mol. The molecular weight excluding hydrogens is 246 g/mol. The van der Waals surface area contributed by atoms with Crippen molar-refractivity contribution in [3.63, 3.8) is 0 Å². The summed E-state index contributed by atoms with van der Waals surface area (Å²) in [5.41, 5.74) is 7.34. The van der Waals surface area contributed by atoms with Crippen LogP contribution in [0.4, 0.5) is 0 Å². The summed E-state index contributed by atoms with van der Waals surface area (Å²) in [6.45, 7) is 0.469. The highest BCUT2D eigenvalue weighted by molar-refractivity contribution is 7.98. The van der Waals surface area contributed by atoms with Gasteiger partial charge in [0.05, 0.1) is 6.04 Å². The molecule has 0 radical (unpaired) electrons. The van der Waals surface area contributed by atoms with Gasteiger partial charge in [0.15, 0.2) is 0 Å². The molecule has 18 heavy (non-hydrogen) atoms. The van der Waals surface area contributed by atoms with Gasteiger partial charge in [-0.3, -0.25) is 0 Å². The van der Waals surface area contributed by atoms with Crippen molar-refractivity contribution in [2.24, 2.45) is 5.73 Å². The Morgan fingerprint density at radius 2 is 2.06 bits per heavy atom. The minimum Gasteiger partial charge on any atom is -0.462 e. The van der Waals surface area contributed by atoms with Crippen LogP contribution in [0.1, 0.15) is 23.1 Å². The summed E-state index contributed by atoms with van der Waals surface area (Å²) in [6, 6.07) is 11.7. The van der Waals surface area contributed by atoms with Crippen molar-refractivity contribution < 1.29 is 9.15 Å². The summed E-state index contributed by atoms with van der Waals surface area (Å²) >= 11 is 1.69. The Balaban J connectivity index is 2.26. The van der Waals surface area contributed by atoms with Gasteiger partial charge in [-0.05, 0) is 30.0 Å². The molecule has 0 bridgehead atoms. The van der Waals surface area contributed by atoms with Crippen LogP contribution in [0, 0.1) is 0 Å². The van der Waals surface area contributed by atoms with E-state index >= 15 is 0 Å². The molecule has 0 saturated carbocycles. The molecule has 1 atom stereocenters. The first-order valence-electron chi connectivity index (χ1n) is 5.72. The average molecular weight is 263 g/mol. The molecule has 0 aliphatic rings. The number of nitrogens with two attached hydrogens (primary N) is 1. The van der Waals surface area contributed by atoms with Crippen LogP contribution in [0.25, 0.3) is 0 Å². The van der Waals surface area contributed by atoms with Crippen LogP contribution in [0.3, 0.4) is 0 Å². The predicted molar refractivity (Wildman–Crippen MR) is 73.7 cm³/mol. The standard InChI is InChI=1S/C14H17NO2S/c1-16-9-10-7-8-12(17-10)14(15)11-5-3-4-6-13(11)18-2/h3-8,14H,9,15H2,1-2H3. The largest absolute Gasteiger partial charge is 0.462 e. The molecule has 1 heterocycles. The Labute approximate surface area is 111 Å². The Morgan fingerprint density at radius 3 is 2.78 bits per heavy atom. The van der Waals surface area contributed by atoms with Crippen LogP contribution >= 0.6 is 11.8 Å². The van der Waals surface area contributed by atoms with Gasteiger partial charge in [0.2, 0.25) is 0 Å². The van der Waals surface area contributed by atoms with E-state index in [1.165, 1.54) is 4.90 Å². The van der Waals surface area contributed by atoms with Gasteiger partial charge in [-0.1, -0.05) is 18.2 Å². The number of benzene rings is 1. The second-order valence-corrected chi connectivity index (χ2v) is 4.80. The lowest BCUT2D eigenvalue weighted by Crippen LogP contribution is -2.11. The highest BCUT2D eigenvalue weighted by atomic mass is 32.2. The lowest BCUT2D eigenvalue weighted by Gasteiger charge is -2.13. The number of rotatable bonds is 5. The molecule has 2 aromatic rings. The molecule has 4 heteroatoms. The molecule has 1 aromatic heterocycles. The number of ether oxygens (including phenoxy) is 1. The van der Waals surface area contributed by atoms with E-state index in [1.54, 1.807) is 18.9 Å². The van der Waals surface area contributed by atoms with Gasteiger partial charge in [-0.25, -0.2) is 0 Å². The zero-order valence-corrected chi connectivity index (χ0v) is 11.4. The van der Waals surface area contributed by atoms with Crippen molar-refractivity contribution >= 4 is 11.8 Å². The summed E-state index contributed by atoms with van der Waals surface area (Å²) in [5.74, 6) is 1.56. The van der Waals surface area contributed by atoms with E-state index in [0.717, 1.165) is 17.1 Å². The van der Waals surface area contributed by atoms with E-state index in [4.69, 9.17) is 14.9 Å². The minimum absolute atomic E-state index is 0.237. The number of hydrogen-bond acceptors (Lipinski definition) is 4. The fourth-order valence-electron chi connectivity index (χ4n) is 1.86. The number of hydrogen-bond donors (Lipinski definition) is 1. The van der Waals surface area contributed by atoms with Crippen molar-refractivity contribution in [2.45, 2.75) is 17.5 Å². The quantitative estimate of drug-likeness (QED) is 0.842. The maximum absolute atomic E-state index is 6.25. The van der Waals surface area contributed by atoms with Gasteiger partial charge in [0.25, 0.3) is 0 Å². The molecule has 1 aromatic carbocycles. The molecule has 0 saturated heterocycles. The molecular formula is C14H17NO2S. The lowest BCUT2D eigenvalue weighted by atomic mass is 10.1. The molecule has 0 amide bonds. The zero-order valence-electron chi connectivity index (χ0n) is 10.6. The van der Waals surface area contributed by atoms with Crippen LogP contribution in [0.5, 0.6) is 0 Å². The summed E-state index contributed by atoms with van der Waals surface area (Å²) in [4.78, 5) is 1.18. The topological polar surface area (TPSA) is 48.4 Å². The molecule has 0 aliphatic heterocycles. The third-order valence-electron chi connectivity index (χ3n) is 2.75. The van der Waals surface area contributed by atoms with Crippen molar-refractivity contribution in [3.05, 3.63) is 53.5 Å². The second-order valence-electron chi connectivity index (χ2n) is 3.96.